The number of hydrogen-bond donors (Lipinski definition) is 1. The van der Waals surface area contributed by atoms with Crippen molar-refractivity contribution in [2.75, 3.05) is 0 Å². The molecule has 1 N–H and O–H groups in total. The smallest absolute Gasteiger partial charge is 0.316 e. The fourth-order valence-corrected chi connectivity index (χ4v) is 6.24. The molecule has 49 heavy (non-hydrogen) atoms. The third-order valence-corrected chi connectivity index (χ3v) is 8.57. The van der Waals surface area contributed by atoms with Crippen molar-refractivity contribution in [1.82, 2.24) is 34.8 Å². The van der Waals surface area contributed by atoms with Crippen molar-refractivity contribution in [3.63, 3.8) is 0 Å². The summed E-state index contributed by atoms with van der Waals surface area (Å²) in [4.78, 5) is 22.2. The summed E-state index contributed by atoms with van der Waals surface area (Å²) in [5.41, 5.74) is 4.71. The number of imidazole rings is 1. The van der Waals surface area contributed by atoms with Crippen LogP contribution in [0.3, 0.4) is 0 Å². The summed E-state index contributed by atoms with van der Waals surface area (Å²) in [7, 11) is 0. The molecule has 0 aliphatic carbocycles. The van der Waals surface area contributed by atoms with Gasteiger partial charge in [-0.2, -0.15) is 15.3 Å². The Morgan fingerprint density at radius 1 is 0.918 bits per heavy atom. The Labute approximate surface area is 287 Å². The molecule has 0 aliphatic heterocycles. The Morgan fingerprint density at radius 2 is 1.55 bits per heavy atom. The average Bonchev–Trinajstić information content (AvgIpc) is 3.92. The predicted octanol–water partition coefficient (Wildman–Crippen LogP) is 6.98. The van der Waals surface area contributed by atoms with E-state index < -0.39 is 11.4 Å². The Kier molecular flexibility index (Phi) is 8.58. The van der Waals surface area contributed by atoms with Gasteiger partial charge in [0.2, 0.25) is 5.82 Å². The number of amides is 1. The molecule has 1 atom stereocenters. The van der Waals surface area contributed by atoms with E-state index in [2.05, 4.69) is 68.0 Å². The van der Waals surface area contributed by atoms with Crippen molar-refractivity contribution in [3.05, 3.63) is 167 Å². The summed E-state index contributed by atoms with van der Waals surface area (Å²) in [5, 5.41) is 21.1. The van der Waals surface area contributed by atoms with Crippen LogP contribution in [0.2, 0.25) is 5.02 Å². The lowest BCUT2D eigenvalue weighted by Gasteiger charge is -2.37. The van der Waals surface area contributed by atoms with Gasteiger partial charge in [0, 0.05) is 24.0 Å². The second kappa shape index (κ2) is 13.4. The van der Waals surface area contributed by atoms with E-state index in [1.807, 2.05) is 84.5 Å². The summed E-state index contributed by atoms with van der Waals surface area (Å²) in [6.45, 7) is 2.24. The average molecular weight is 665 g/mol. The van der Waals surface area contributed by atoms with E-state index in [9.17, 15) is 4.79 Å². The topological polar surface area (TPSA) is 127 Å². The highest BCUT2D eigenvalue weighted by molar-refractivity contribution is 6.32. The molecule has 0 bridgehead atoms. The van der Waals surface area contributed by atoms with E-state index in [1.165, 1.54) is 0 Å². The number of nitrogens with zero attached hydrogens (tertiary/aromatic N) is 7. The van der Waals surface area contributed by atoms with Gasteiger partial charge >= 0.3 is 11.8 Å². The van der Waals surface area contributed by atoms with Gasteiger partial charge in [-0.25, -0.2) is 4.98 Å². The van der Waals surface area contributed by atoms with Crippen molar-refractivity contribution in [2.24, 2.45) is 0 Å². The van der Waals surface area contributed by atoms with E-state index >= 15 is 0 Å². The number of aromatic nitrogens is 6. The van der Waals surface area contributed by atoms with Gasteiger partial charge in [0.25, 0.3) is 0 Å². The van der Waals surface area contributed by atoms with Crippen LogP contribution >= 0.6 is 11.6 Å². The lowest BCUT2D eigenvalue weighted by molar-refractivity contribution is 0.0891. The first kappa shape index (κ1) is 31.3. The minimum Gasteiger partial charge on any atom is -0.344 e. The van der Waals surface area contributed by atoms with Gasteiger partial charge in [-0.05, 0) is 41.8 Å². The third kappa shape index (κ3) is 6.11. The number of carbonyl (C=O) groups is 1. The van der Waals surface area contributed by atoms with Crippen LogP contribution in [-0.2, 0) is 12.1 Å². The molecule has 0 saturated carbocycles. The summed E-state index contributed by atoms with van der Waals surface area (Å²) in [6.07, 6.45) is 5.44. The van der Waals surface area contributed by atoms with Crippen LogP contribution in [0.1, 0.15) is 39.9 Å². The Balaban J connectivity index is 1.11. The summed E-state index contributed by atoms with van der Waals surface area (Å²) in [6, 6.07) is 39.5. The van der Waals surface area contributed by atoms with Gasteiger partial charge in [-0.1, -0.05) is 114 Å². The number of hydrogen-bond acceptors (Lipinski definition) is 7. The number of nitrogens with one attached hydrogen (secondary N) is 1. The molecule has 0 saturated heterocycles. The first-order valence-corrected chi connectivity index (χ1v) is 15.9. The molecule has 0 fully saturated rings. The summed E-state index contributed by atoms with van der Waals surface area (Å²) >= 11 is 6.19. The molecule has 240 valence electrons. The number of benzene rings is 4. The molecule has 7 rings (SSSR count). The zero-order valence-corrected chi connectivity index (χ0v) is 27.1. The van der Waals surface area contributed by atoms with Crippen LogP contribution in [-0.4, -0.2) is 41.4 Å². The SMILES string of the molecule is C[C@@H](Cn1ccc(-c2ccc(C#N)c(Cl)c2)n1)NC(=O)c1nc(-c2cn(C(c3ccccc3)(c3ccccc3)c3ccccc3)cn2)no1. The maximum Gasteiger partial charge on any atom is 0.316 e. The van der Waals surface area contributed by atoms with Crippen LogP contribution in [0.25, 0.3) is 22.8 Å². The molecular weight excluding hydrogens is 636 g/mol. The van der Waals surface area contributed by atoms with Crippen molar-refractivity contribution >= 4 is 17.5 Å². The van der Waals surface area contributed by atoms with Crippen molar-refractivity contribution in [3.8, 4) is 28.8 Å². The van der Waals surface area contributed by atoms with E-state index in [4.69, 9.17) is 21.4 Å². The van der Waals surface area contributed by atoms with Crippen LogP contribution < -0.4 is 5.32 Å². The standard InChI is InChI=1S/C38H29ClN8O2/c1-26(23-47-20-19-33(44-47)27-17-18-28(22-40)32(39)21-27)42-36(48)37-43-35(45-49-37)34-24-46(25-41-34)38(29-11-5-2-6-12-29,30-13-7-3-8-14-30)31-15-9-4-10-16-31/h2-21,24-26H,23H2,1H3,(H,42,48)/t26-/m0/s1. The first-order valence-electron chi connectivity index (χ1n) is 15.5. The second-order valence-electron chi connectivity index (χ2n) is 11.5. The molecule has 0 radical (unpaired) electrons. The van der Waals surface area contributed by atoms with Gasteiger partial charge in [-0.15, -0.1) is 0 Å². The van der Waals surface area contributed by atoms with E-state index in [-0.39, 0.29) is 17.8 Å². The number of carbonyl (C=O) groups excluding carboxylic acids is 1. The normalized spacial score (nSPS) is 11.9. The van der Waals surface area contributed by atoms with E-state index in [0.717, 1.165) is 22.3 Å². The first-order chi connectivity index (χ1) is 23.9. The fraction of sp³-hybridized carbons (Fsp3) is 0.105. The molecule has 0 unspecified atom stereocenters. The molecule has 0 aliphatic rings. The maximum atomic E-state index is 13.1. The molecule has 3 aromatic heterocycles. The fourth-order valence-electron chi connectivity index (χ4n) is 6.02. The van der Waals surface area contributed by atoms with E-state index in [1.54, 1.807) is 29.2 Å². The molecule has 4 aromatic carbocycles. The van der Waals surface area contributed by atoms with Crippen molar-refractivity contribution < 1.29 is 9.32 Å². The second-order valence-corrected chi connectivity index (χ2v) is 11.9. The molecule has 1 amide bonds. The van der Waals surface area contributed by atoms with Gasteiger partial charge in [-0.3, -0.25) is 9.48 Å². The lowest BCUT2D eigenvalue weighted by Crippen LogP contribution is -2.36. The maximum absolute atomic E-state index is 13.1. The highest BCUT2D eigenvalue weighted by atomic mass is 35.5. The minimum atomic E-state index is -0.757. The Bertz CT molecular complexity index is 2160. The Morgan fingerprint density at radius 3 is 2.14 bits per heavy atom. The third-order valence-electron chi connectivity index (χ3n) is 8.26. The minimum absolute atomic E-state index is 0.176. The number of rotatable bonds is 10. The Hall–Kier alpha value is -6.31. The quantitative estimate of drug-likeness (QED) is 0.156. The van der Waals surface area contributed by atoms with Crippen molar-refractivity contribution in [1.29, 1.82) is 5.26 Å². The highest BCUT2D eigenvalue weighted by Gasteiger charge is 2.38. The monoisotopic (exact) mass is 664 g/mol. The largest absolute Gasteiger partial charge is 0.344 e. The van der Waals surface area contributed by atoms with E-state index in [0.29, 0.717) is 28.5 Å². The van der Waals surface area contributed by atoms with Gasteiger partial charge in [0.15, 0.2) is 0 Å². The molecular formula is C38H29ClN8O2. The van der Waals surface area contributed by atoms with Crippen LogP contribution in [0.4, 0.5) is 0 Å². The number of halogens is 1. The highest BCUT2D eigenvalue weighted by Crippen LogP contribution is 2.41. The van der Waals surface area contributed by atoms with Gasteiger partial charge < -0.3 is 14.4 Å². The molecule has 10 nitrogen and oxygen atoms in total. The van der Waals surface area contributed by atoms with Crippen LogP contribution in [0.15, 0.2) is 139 Å². The molecule has 7 aromatic rings. The van der Waals surface area contributed by atoms with Gasteiger partial charge in [0.05, 0.1) is 29.2 Å². The van der Waals surface area contributed by atoms with Crippen LogP contribution in [0, 0.1) is 11.3 Å². The zero-order chi connectivity index (χ0) is 33.8. The summed E-state index contributed by atoms with van der Waals surface area (Å²) < 4.78 is 9.16. The lowest BCUT2D eigenvalue weighted by atomic mass is 9.77. The molecule has 0 spiro atoms. The van der Waals surface area contributed by atoms with Crippen molar-refractivity contribution in [2.45, 2.75) is 25.0 Å². The number of nitriles is 1. The molecule has 3 heterocycles. The predicted molar refractivity (Wildman–Crippen MR) is 184 cm³/mol. The summed E-state index contributed by atoms with van der Waals surface area (Å²) in [5.74, 6) is -0.494. The van der Waals surface area contributed by atoms with Crippen LogP contribution in [0.5, 0.6) is 0 Å². The molecule has 11 heteroatoms. The van der Waals surface area contributed by atoms with Gasteiger partial charge in [0.1, 0.15) is 17.3 Å². The zero-order valence-electron chi connectivity index (χ0n) is 26.3.